The highest BCUT2D eigenvalue weighted by Gasteiger charge is 2.22. The van der Waals surface area contributed by atoms with Gasteiger partial charge in [0, 0.05) is 42.8 Å². The van der Waals surface area contributed by atoms with Crippen molar-refractivity contribution in [2.45, 2.75) is 19.4 Å². The predicted octanol–water partition coefficient (Wildman–Crippen LogP) is 3.39. The molecule has 2 aliphatic rings. The molecule has 134 valence electrons. The molecule has 5 rings (SSSR count). The number of rotatable bonds is 4. The van der Waals surface area contributed by atoms with Crippen molar-refractivity contribution in [1.29, 1.82) is 0 Å². The summed E-state index contributed by atoms with van der Waals surface area (Å²) in [6, 6.07) is 8.06. The van der Waals surface area contributed by atoms with E-state index in [4.69, 9.17) is 21.3 Å². The van der Waals surface area contributed by atoms with E-state index in [1.807, 2.05) is 6.07 Å². The van der Waals surface area contributed by atoms with Crippen molar-refractivity contribution in [1.82, 2.24) is 19.7 Å². The number of benzene rings is 1. The van der Waals surface area contributed by atoms with Gasteiger partial charge in [0.05, 0.1) is 24.4 Å². The maximum absolute atomic E-state index is 6.28. The van der Waals surface area contributed by atoms with Gasteiger partial charge in [-0.15, -0.1) is 0 Å². The number of ether oxygens (including phenoxy) is 1. The molecule has 0 radical (unpaired) electrons. The summed E-state index contributed by atoms with van der Waals surface area (Å²) in [7, 11) is 0. The standard InChI is InChI=1S/C19H20ClN5O/c20-18-10-17(21-19(22-18)24-5-7-26-8-6-24)14-3-4-16-15(9-14)12-25(23-16)11-13-1-2-13/h3-4,9-10,12-13H,1-2,5-8,11H2. The molecule has 6 nitrogen and oxygen atoms in total. The molecule has 3 heterocycles. The first-order valence-corrected chi connectivity index (χ1v) is 9.47. The van der Waals surface area contributed by atoms with Crippen LogP contribution in [0.2, 0.25) is 5.15 Å². The summed E-state index contributed by atoms with van der Waals surface area (Å²) in [5.74, 6) is 1.47. The minimum Gasteiger partial charge on any atom is -0.378 e. The molecular formula is C19H20ClN5O. The number of nitrogens with zero attached hydrogens (tertiary/aromatic N) is 5. The Morgan fingerprint density at radius 3 is 2.77 bits per heavy atom. The summed E-state index contributed by atoms with van der Waals surface area (Å²) in [5.41, 5.74) is 2.88. The summed E-state index contributed by atoms with van der Waals surface area (Å²) < 4.78 is 7.48. The van der Waals surface area contributed by atoms with Gasteiger partial charge in [0.25, 0.3) is 0 Å². The third-order valence-electron chi connectivity index (χ3n) is 4.97. The van der Waals surface area contributed by atoms with E-state index in [2.05, 4.69) is 44.1 Å². The van der Waals surface area contributed by atoms with Gasteiger partial charge in [0.2, 0.25) is 5.95 Å². The number of halogens is 1. The van der Waals surface area contributed by atoms with Crippen LogP contribution >= 0.6 is 11.6 Å². The van der Waals surface area contributed by atoms with E-state index in [-0.39, 0.29) is 0 Å². The van der Waals surface area contributed by atoms with Crippen LogP contribution < -0.4 is 4.90 Å². The molecule has 0 unspecified atom stereocenters. The van der Waals surface area contributed by atoms with Crippen molar-refractivity contribution in [3.63, 3.8) is 0 Å². The Labute approximate surface area is 156 Å². The first kappa shape index (κ1) is 16.0. The lowest BCUT2D eigenvalue weighted by Gasteiger charge is -2.27. The molecule has 7 heteroatoms. The van der Waals surface area contributed by atoms with E-state index in [1.165, 1.54) is 12.8 Å². The van der Waals surface area contributed by atoms with Crippen LogP contribution in [0.1, 0.15) is 12.8 Å². The summed E-state index contributed by atoms with van der Waals surface area (Å²) in [4.78, 5) is 11.3. The number of fused-ring (bicyclic) bond motifs is 1. The monoisotopic (exact) mass is 369 g/mol. The van der Waals surface area contributed by atoms with Crippen molar-refractivity contribution in [3.05, 3.63) is 35.6 Å². The normalized spacial score (nSPS) is 17.8. The van der Waals surface area contributed by atoms with E-state index >= 15 is 0 Å². The molecule has 2 fully saturated rings. The number of morpholine rings is 1. The van der Waals surface area contributed by atoms with E-state index in [0.29, 0.717) is 24.3 Å². The maximum atomic E-state index is 6.28. The molecule has 3 aromatic rings. The van der Waals surface area contributed by atoms with Gasteiger partial charge in [-0.3, -0.25) is 4.68 Å². The van der Waals surface area contributed by atoms with Crippen molar-refractivity contribution >= 4 is 28.5 Å². The summed E-state index contributed by atoms with van der Waals surface area (Å²) in [5, 5.41) is 6.26. The molecular weight excluding hydrogens is 350 g/mol. The lowest BCUT2D eigenvalue weighted by Crippen LogP contribution is -2.37. The Morgan fingerprint density at radius 1 is 1.12 bits per heavy atom. The highest BCUT2D eigenvalue weighted by molar-refractivity contribution is 6.29. The van der Waals surface area contributed by atoms with Gasteiger partial charge in [-0.2, -0.15) is 5.10 Å². The highest BCUT2D eigenvalue weighted by atomic mass is 35.5. The third-order valence-corrected chi connectivity index (χ3v) is 5.16. The fourth-order valence-electron chi connectivity index (χ4n) is 3.35. The van der Waals surface area contributed by atoms with Gasteiger partial charge >= 0.3 is 0 Å². The van der Waals surface area contributed by atoms with Gasteiger partial charge in [-0.1, -0.05) is 17.7 Å². The SMILES string of the molecule is Clc1cc(-c2ccc3nn(CC4CC4)cc3c2)nc(N2CCOCC2)n1. The molecule has 1 saturated carbocycles. The van der Waals surface area contributed by atoms with Crippen LogP contribution in [0.4, 0.5) is 5.95 Å². The minimum absolute atomic E-state index is 0.459. The van der Waals surface area contributed by atoms with Crippen LogP contribution in [-0.4, -0.2) is 46.1 Å². The van der Waals surface area contributed by atoms with Gasteiger partial charge in [0.1, 0.15) is 5.15 Å². The number of anilines is 1. The second-order valence-electron chi connectivity index (χ2n) is 7.04. The molecule has 2 aromatic heterocycles. The van der Waals surface area contributed by atoms with Crippen molar-refractivity contribution in [3.8, 4) is 11.3 Å². The molecule has 0 N–H and O–H groups in total. The van der Waals surface area contributed by atoms with Crippen LogP contribution in [0.3, 0.4) is 0 Å². The van der Waals surface area contributed by atoms with Crippen LogP contribution in [0.25, 0.3) is 22.2 Å². The largest absolute Gasteiger partial charge is 0.378 e. The first-order valence-electron chi connectivity index (χ1n) is 9.09. The molecule has 0 bridgehead atoms. The molecule has 0 atom stereocenters. The fraction of sp³-hybridized carbons (Fsp3) is 0.421. The fourth-order valence-corrected chi connectivity index (χ4v) is 3.53. The lowest BCUT2D eigenvalue weighted by molar-refractivity contribution is 0.122. The first-order chi connectivity index (χ1) is 12.7. The predicted molar refractivity (Wildman–Crippen MR) is 102 cm³/mol. The Balaban J connectivity index is 1.48. The topological polar surface area (TPSA) is 56.1 Å². The average molecular weight is 370 g/mol. The Kier molecular flexibility index (Phi) is 4.02. The zero-order valence-electron chi connectivity index (χ0n) is 14.4. The summed E-state index contributed by atoms with van der Waals surface area (Å²) in [6.07, 6.45) is 4.78. The van der Waals surface area contributed by atoms with E-state index in [0.717, 1.165) is 47.7 Å². The minimum atomic E-state index is 0.459. The van der Waals surface area contributed by atoms with E-state index in [9.17, 15) is 0 Å². The number of hydrogen-bond donors (Lipinski definition) is 0. The molecule has 0 amide bonds. The number of hydrogen-bond acceptors (Lipinski definition) is 5. The van der Waals surface area contributed by atoms with Gasteiger partial charge in [0.15, 0.2) is 0 Å². The van der Waals surface area contributed by atoms with Crippen LogP contribution in [0.5, 0.6) is 0 Å². The van der Waals surface area contributed by atoms with Crippen LogP contribution in [-0.2, 0) is 11.3 Å². The van der Waals surface area contributed by atoms with Crippen LogP contribution in [0, 0.1) is 5.92 Å². The zero-order chi connectivity index (χ0) is 17.5. The Morgan fingerprint density at radius 2 is 1.96 bits per heavy atom. The molecule has 1 aliphatic carbocycles. The van der Waals surface area contributed by atoms with Crippen LogP contribution in [0.15, 0.2) is 30.5 Å². The quantitative estimate of drug-likeness (QED) is 0.660. The van der Waals surface area contributed by atoms with Gasteiger partial charge in [-0.05, 0) is 30.9 Å². The van der Waals surface area contributed by atoms with E-state index < -0.39 is 0 Å². The second-order valence-corrected chi connectivity index (χ2v) is 7.43. The molecule has 1 aromatic carbocycles. The maximum Gasteiger partial charge on any atom is 0.227 e. The highest BCUT2D eigenvalue weighted by Crippen LogP contribution is 2.31. The molecule has 1 aliphatic heterocycles. The third kappa shape index (κ3) is 3.27. The second kappa shape index (κ2) is 6.52. The lowest BCUT2D eigenvalue weighted by atomic mass is 10.1. The molecule has 26 heavy (non-hydrogen) atoms. The average Bonchev–Trinajstić information content (AvgIpc) is 3.38. The van der Waals surface area contributed by atoms with E-state index in [1.54, 1.807) is 0 Å². The van der Waals surface area contributed by atoms with Gasteiger partial charge < -0.3 is 9.64 Å². The number of aromatic nitrogens is 4. The van der Waals surface area contributed by atoms with Crippen molar-refractivity contribution in [2.75, 3.05) is 31.2 Å². The summed E-state index contributed by atoms with van der Waals surface area (Å²) >= 11 is 6.28. The Hall–Kier alpha value is -2.18. The summed E-state index contributed by atoms with van der Waals surface area (Å²) in [6.45, 7) is 3.97. The molecule has 0 spiro atoms. The van der Waals surface area contributed by atoms with Crippen molar-refractivity contribution in [2.24, 2.45) is 5.92 Å². The van der Waals surface area contributed by atoms with Crippen molar-refractivity contribution < 1.29 is 4.74 Å². The zero-order valence-corrected chi connectivity index (χ0v) is 15.2. The smallest absolute Gasteiger partial charge is 0.227 e. The molecule has 1 saturated heterocycles. The van der Waals surface area contributed by atoms with Gasteiger partial charge in [-0.25, -0.2) is 9.97 Å². The Bertz CT molecular complexity index is 946.